The van der Waals surface area contributed by atoms with E-state index in [1.165, 1.54) is 12.1 Å². The number of ether oxygens (including phenoxy) is 1. The first-order valence-electron chi connectivity index (χ1n) is 15.0. The van der Waals surface area contributed by atoms with E-state index in [1.54, 1.807) is 20.8 Å². The lowest BCUT2D eigenvalue weighted by Crippen LogP contribution is -2.24. The van der Waals surface area contributed by atoms with Crippen molar-refractivity contribution in [2.24, 2.45) is 5.73 Å². The summed E-state index contributed by atoms with van der Waals surface area (Å²) in [5.41, 5.74) is 5.32. The molecule has 0 fully saturated rings. The van der Waals surface area contributed by atoms with Crippen LogP contribution in [0.3, 0.4) is 0 Å². The molecule has 0 saturated carbocycles. The van der Waals surface area contributed by atoms with Crippen LogP contribution in [0.25, 0.3) is 22.5 Å². The van der Waals surface area contributed by atoms with Crippen LogP contribution in [0.1, 0.15) is 61.1 Å². The normalized spacial score (nSPS) is 12.4. The molecule has 9 nitrogen and oxygen atoms in total. The second-order valence-corrected chi connectivity index (χ2v) is 12.1. The first kappa shape index (κ1) is 45.5. The number of nitrogens with zero attached hydrogens (tertiary/aromatic N) is 6. The second kappa shape index (κ2) is 17.7. The summed E-state index contributed by atoms with van der Waals surface area (Å²) in [6, 6.07) is 2.57. The fourth-order valence-corrected chi connectivity index (χ4v) is 4.38. The third-order valence-corrected chi connectivity index (χ3v) is 6.59. The van der Waals surface area contributed by atoms with Gasteiger partial charge in [-0.1, -0.05) is 0 Å². The standard InChI is InChI=1S/C19H19F6N3O2.C13H10F6N4.ClH/c1-17(2,3)30-15(29)5-4-11-6-14(26-8-12(11)7-18(20,21)22)13-9-27-16(28-10-13)19(23,24)25;14-12(15,16)2-8-4-21-10(1-7(8)3-20)9-5-22-11(23-6-9)13(17,18)19;/h6,8-10H,4-5,7H2,1-3H3;1,4-6H,2-3,20H2;1H. The Hall–Kier alpha value is -4.66. The number of alkyl halides is 12. The zero-order valence-corrected chi connectivity index (χ0v) is 29.0. The number of aromatic nitrogens is 6. The number of hydrogen-bond acceptors (Lipinski definition) is 9. The van der Waals surface area contributed by atoms with Crippen LogP contribution in [-0.2, 0) is 47.7 Å². The lowest BCUT2D eigenvalue weighted by molar-refractivity contribution is -0.154. The van der Waals surface area contributed by atoms with Gasteiger partial charge in [-0.2, -0.15) is 52.7 Å². The molecule has 54 heavy (non-hydrogen) atoms. The molecule has 0 aliphatic rings. The van der Waals surface area contributed by atoms with Crippen molar-refractivity contribution < 1.29 is 62.2 Å². The van der Waals surface area contributed by atoms with Gasteiger partial charge < -0.3 is 10.5 Å². The molecule has 0 aliphatic carbocycles. The van der Waals surface area contributed by atoms with Gasteiger partial charge >= 0.3 is 30.7 Å². The zero-order chi connectivity index (χ0) is 40.0. The van der Waals surface area contributed by atoms with Crippen molar-refractivity contribution in [3.63, 3.8) is 0 Å². The van der Waals surface area contributed by atoms with Crippen molar-refractivity contribution >= 4 is 18.4 Å². The molecule has 0 unspecified atom stereocenters. The van der Waals surface area contributed by atoms with Crippen LogP contribution in [0, 0.1) is 0 Å². The third kappa shape index (κ3) is 14.6. The number of carbonyl (C=O) groups is 1. The highest BCUT2D eigenvalue weighted by Gasteiger charge is 2.35. The highest BCUT2D eigenvalue weighted by molar-refractivity contribution is 5.85. The minimum absolute atomic E-state index is 0. The van der Waals surface area contributed by atoms with E-state index < -0.39 is 60.8 Å². The summed E-state index contributed by atoms with van der Waals surface area (Å²) in [5, 5.41) is 0. The Kier molecular flexibility index (Phi) is 14.9. The van der Waals surface area contributed by atoms with Crippen LogP contribution < -0.4 is 5.73 Å². The minimum atomic E-state index is -4.72. The summed E-state index contributed by atoms with van der Waals surface area (Å²) in [6.45, 7) is 4.82. The van der Waals surface area contributed by atoms with Crippen molar-refractivity contribution in [1.82, 2.24) is 29.9 Å². The lowest BCUT2D eigenvalue weighted by Gasteiger charge is -2.20. The number of carbonyl (C=O) groups excluding carboxylic acids is 1. The Bertz CT molecular complexity index is 1840. The maximum absolute atomic E-state index is 12.9. The number of nitrogens with two attached hydrogens (primary N) is 1. The molecule has 0 amide bonds. The van der Waals surface area contributed by atoms with E-state index in [-0.39, 0.29) is 76.6 Å². The van der Waals surface area contributed by atoms with Crippen molar-refractivity contribution in [2.45, 2.75) is 83.3 Å². The van der Waals surface area contributed by atoms with Crippen LogP contribution in [-0.4, -0.2) is 53.8 Å². The van der Waals surface area contributed by atoms with Gasteiger partial charge in [0.2, 0.25) is 11.6 Å². The van der Waals surface area contributed by atoms with Gasteiger partial charge in [-0.05, 0) is 61.6 Å². The van der Waals surface area contributed by atoms with Crippen LogP contribution in [0.2, 0.25) is 0 Å². The van der Waals surface area contributed by atoms with Gasteiger partial charge in [0.05, 0.1) is 24.2 Å². The van der Waals surface area contributed by atoms with Crippen molar-refractivity contribution in [3.8, 4) is 22.5 Å². The fourth-order valence-electron chi connectivity index (χ4n) is 4.38. The SMILES string of the molecule is CC(C)(C)OC(=O)CCc1cc(-c2cnc(C(F)(F)F)nc2)ncc1CC(F)(F)F.Cl.NCc1cc(-c2cnc(C(F)(F)F)nc2)ncc1CC(F)(F)F. The molecule has 4 rings (SSSR count). The van der Waals surface area contributed by atoms with Gasteiger partial charge in [0, 0.05) is 61.3 Å². The second-order valence-electron chi connectivity index (χ2n) is 12.1. The van der Waals surface area contributed by atoms with Gasteiger partial charge in [0.15, 0.2) is 0 Å². The first-order chi connectivity index (χ1) is 24.2. The molecule has 0 spiro atoms. The van der Waals surface area contributed by atoms with Crippen molar-refractivity contribution in [3.05, 3.63) is 83.2 Å². The van der Waals surface area contributed by atoms with E-state index in [0.29, 0.717) is 0 Å². The molecule has 2 N–H and O–H groups in total. The van der Waals surface area contributed by atoms with E-state index in [2.05, 4.69) is 29.9 Å². The molecule has 4 aromatic heterocycles. The van der Waals surface area contributed by atoms with Crippen LogP contribution in [0.4, 0.5) is 52.7 Å². The molecule has 22 heteroatoms. The summed E-state index contributed by atoms with van der Waals surface area (Å²) < 4.78 is 156. The van der Waals surface area contributed by atoms with Gasteiger partial charge in [-0.25, -0.2) is 19.9 Å². The summed E-state index contributed by atoms with van der Waals surface area (Å²) in [7, 11) is 0. The van der Waals surface area contributed by atoms with E-state index >= 15 is 0 Å². The molecule has 4 aromatic rings. The Morgan fingerprint density at radius 1 is 0.593 bits per heavy atom. The average molecular weight is 808 g/mol. The monoisotopic (exact) mass is 807 g/mol. The summed E-state index contributed by atoms with van der Waals surface area (Å²) in [4.78, 5) is 32.4. The predicted octanol–water partition coefficient (Wildman–Crippen LogP) is 8.48. The molecular weight excluding hydrogens is 778 g/mol. The Balaban J connectivity index is 0.000000379. The minimum Gasteiger partial charge on any atom is -0.460 e. The van der Waals surface area contributed by atoms with Gasteiger partial charge in [-0.3, -0.25) is 14.8 Å². The average Bonchev–Trinajstić information content (AvgIpc) is 3.02. The largest absolute Gasteiger partial charge is 0.460 e. The number of hydrogen-bond donors (Lipinski definition) is 1. The number of pyridine rings is 2. The summed E-state index contributed by atoms with van der Waals surface area (Å²) in [6.07, 6.45) is -15.4. The van der Waals surface area contributed by atoms with Gasteiger partial charge in [0.1, 0.15) is 5.60 Å². The van der Waals surface area contributed by atoms with E-state index in [0.717, 1.165) is 37.2 Å². The Morgan fingerprint density at radius 2 is 0.963 bits per heavy atom. The smallest absolute Gasteiger partial charge is 0.451 e. The summed E-state index contributed by atoms with van der Waals surface area (Å²) in [5.74, 6) is -3.24. The molecule has 0 atom stereocenters. The summed E-state index contributed by atoms with van der Waals surface area (Å²) >= 11 is 0. The molecule has 4 heterocycles. The number of esters is 1. The van der Waals surface area contributed by atoms with Gasteiger partial charge in [-0.15, -0.1) is 12.4 Å². The lowest BCUT2D eigenvalue weighted by atomic mass is 10.00. The highest BCUT2D eigenvalue weighted by atomic mass is 35.5. The number of aryl methyl sites for hydroxylation is 1. The topological polar surface area (TPSA) is 130 Å². The molecular formula is C32H30ClF12N7O2. The Labute approximate surface area is 305 Å². The molecule has 0 saturated heterocycles. The Morgan fingerprint density at radius 3 is 1.30 bits per heavy atom. The number of rotatable bonds is 8. The van der Waals surface area contributed by atoms with Crippen LogP contribution >= 0.6 is 12.4 Å². The van der Waals surface area contributed by atoms with E-state index in [1.807, 2.05) is 0 Å². The van der Waals surface area contributed by atoms with Crippen LogP contribution in [0.15, 0.2) is 49.3 Å². The molecule has 296 valence electrons. The zero-order valence-electron chi connectivity index (χ0n) is 28.2. The first-order valence-corrected chi connectivity index (χ1v) is 15.0. The fraction of sp³-hybridized carbons (Fsp3) is 0.406. The predicted molar refractivity (Wildman–Crippen MR) is 169 cm³/mol. The molecule has 0 radical (unpaired) electrons. The molecule has 0 bridgehead atoms. The third-order valence-electron chi connectivity index (χ3n) is 6.59. The van der Waals surface area contributed by atoms with E-state index in [9.17, 15) is 57.5 Å². The van der Waals surface area contributed by atoms with Crippen LogP contribution in [0.5, 0.6) is 0 Å². The van der Waals surface area contributed by atoms with E-state index in [4.69, 9.17) is 10.5 Å². The highest BCUT2D eigenvalue weighted by Crippen LogP contribution is 2.30. The quantitative estimate of drug-likeness (QED) is 0.138. The molecule has 0 aromatic carbocycles. The number of halogens is 13. The van der Waals surface area contributed by atoms with Gasteiger partial charge in [0.25, 0.3) is 0 Å². The van der Waals surface area contributed by atoms with Crippen molar-refractivity contribution in [1.29, 1.82) is 0 Å². The maximum Gasteiger partial charge on any atom is 0.451 e. The molecule has 0 aliphatic heterocycles. The van der Waals surface area contributed by atoms with Crippen molar-refractivity contribution in [2.75, 3.05) is 0 Å². The maximum atomic E-state index is 12.9.